The van der Waals surface area contributed by atoms with E-state index < -0.39 is 0 Å². The molecule has 3 rings (SSSR count). The number of hydrogen-bond donors (Lipinski definition) is 1. The van der Waals surface area contributed by atoms with Crippen LogP contribution in [-0.4, -0.2) is 25.5 Å². The second kappa shape index (κ2) is 5.88. The van der Waals surface area contributed by atoms with Gasteiger partial charge in [0.15, 0.2) is 11.5 Å². The molecule has 3 aromatic heterocycles. The Labute approximate surface area is 127 Å². The molecule has 0 saturated heterocycles. The maximum atomic E-state index is 12.2. The zero-order chi connectivity index (χ0) is 15.5. The lowest BCUT2D eigenvalue weighted by Crippen LogP contribution is -2.14. The summed E-state index contributed by atoms with van der Waals surface area (Å²) >= 11 is 0. The van der Waals surface area contributed by atoms with Crippen LogP contribution in [0.4, 0.5) is 5.69 Å². The molecule has 0 bridgehead atoms. The lowest BCUT2D eigenvalue weighted by atomic mass is 10.2. The molecule has 1 amide bonds. The molecule has 0 aromatic carbocycles. The van der Waals surface area contributed by atoms with Crippen molar-refractivity contribution in [2.45, 2.75) is 19.9 Å². The van der Waals surface area contributed by atoms with Gasteiger partial charge in [-0.25, -0.2) is 0 Å². The maximum absolute atomic E-state index is 12.2. The van der Waals surface area contributed by atoms with Crippen molar-refractivity contribution in [3.63, 3.8) is 0 Å². The number of hydrogen-bond acceptors (Lipinski definition) is 4. The summed E-state index contributed by atoms with van der Waals surface area (Å²) in [6, 6.07) is 3.60. The van der Waals surface area contributed by atoms with Crippen molar-refractivity contribution < 1.29 is 9.21 Å². The highest BCUT2D eigenvalue weighted by atomic mass is 16.3. The van der Waals surface area contributed by atoms with Crippen molar-refractivity contribution in [1.29, 1.82) is 0 Å². The van der Waals surface area contributed by atoms with E-state index in [0.29, 0.717) is 17.1 Å². The van der Waals surface area contributed by atoms with Crippen LogP contribution in [0, 0.1) is 0 Å². The summed E-state index contributed by atoms with van der Waals surface area (Å²) in [6.45, 7) is 2.79. The largest absolute Gasteiger partial charge is 0.463 e. The van der Waals surface area contributed by atoms with Crippen LogP contribution in [0.5, 0.6) is 0 Å². The summed E-state index contributed by atoms with van der Waals surface area (Å²) in [7, 11) is 1.80. The molecule has 0 aliphatic rings. The molecule has 22 heavy (non-hydrogen) atoms. The first-order valence-electron chi connectivity index (χ1n) is 7.04. The second-order valence-corrected chi connectivity index (χ2v) is 4.97. The molecule has 0 saturated carbocycles. The van der Waals surface area contributed by atoms with E-state index in [4.69, 9.17) is 4.42 Å². The van der Waals surface area contributed by atoms with Gasteiger partial charge in [0, 0.05) is 26.0 Å². The zero-order valence-electron chi connectivity index (χ0n) is 12.5. The fourth-order valence-electron chi connectivity index (χ4n) is 2.23. The van der Waals surface area contributed by atoms with Crippen molar-refractivity contribution in [3.05, 3.63) is 42.5 Å². The summed E-state index contributed by atoms with van der Waals surface area (Å²) in [5, 5.41) is 11.4. The van der Waals surface area contributed by atoms with Crippen LogP contribution in [0.3, 0.4) is 0 Å². The van der Waals surface area contributed by atoms with Crippen LogP contribution in [-0.2, 0) is 24.8 Å². The molecule has 0 unspecified atom stereocenters. The molecular weight excluding hydrogens is 282 g/mol. The lowest BCUT2D eigenvalue weighted by molar-refractivity contribution is -0.115. The van der Waals surface area contributed by atoms with Gasteiger partial charge in [0.25, 0.3) is 0 Å². The molecule has 0 radical (unpaired) electrons. The Bertz CT molecular complexity index is 770. The minimum absolute atomic E-state index is 0.114. The predicted octanol–water partition coefficient (Wildman–Crippen LogP) is 2.08. The highest BCUT2D eigenvalue weighted by Gasteiger charge is 2.15. The monoisotopic (exact) mass is 299 g/mol. The van der Waals surface area contributed by atoms with Gasteiger partial charge in [-0.05, 0) is 24.6 Å². The van der Waals surface area contributed by atoms with Crippen molar-refractivity contribution in [1.82, 2.24) is 19.6 Å². The van der Waals surface area contributed by atoms with Crippen molar-refractivity contribution in [2.24, 2.45) is 7.05 Å². The number of aryl methyl sites for hydroxylation is 2. The van der Waals surface area contributed by atoms with Crippen molar-refractivity contribution in [2.75, 3.05) is 5.32 Å². The molecule has 7 heteroatoms. The Balaban J connectivity index is 1.74. The second-order valence-electron chi connectivity index (χ2n) is 4.97. The number of furan rings is 1. The van der Waals surface area contributed by atoms with Crippen molar-refractivity contribution >= 4 is 11.6 Å². The number of anilines is 1. The third-order valence-electron chi connectivity index (χ3n) is 3.23. The van der Waals surface area contributed by atoms with Gasteiger partial charge < -0.3 is 9.73 Å². The number of carbonyl (C=O) groups is 1. The number of nitrogens with zero attached hydrogens (tertiary/aromatic N) is 4. The number of aromatic nitrogens is 4. The standard InChI is InChI=1S/C15H17N5O2/c1-3-20-9-11(8-16-20)7-14(21)17-12-10-19(2)18-15(12)13-5-4-6-22-13/h4-6,8-10H,3,7H2,1-2H3,(H,17,21). The van der Waals surface area contributed by atoms with Gasteiger partial charge in [-0.1, -0.05) is 0 Å². The fraction of sp³-hybridized carbons (Fsp3) is 0.267. The molecular formula is C15H17N5O2. The lowest BCUT2D eigenvalue weighted by Gasteiger charge is -2.03. The molecule has 0 aliphatic carbocycles. The molecule has 1 N–H and O–H groups in total. The Hall–Kier alpha value is -2.83. The first kappa shape index (κ1) is 14.1. The molecule has 7 nitrogen and oxygen atoms in total. The van der Waals surface area contributed by atoms with Crippen LogP contribution >= 0.6 is 0 Å². The first-order chi connectivity index (χ1) is 10.7. The van der Waals surface area contributed by atoms with E-state index in [1.54, 1.807) is 41.1 Å². The van der Waals surface area contributed by atoms with Crippen molar-refractivity contribution in [3.8, 4) is 11.5 Å². The van der Waals surface area contributed by atoms with E-state index in [2.05, 4.69) is 15.5 Å². The Morgan fingerprint density at radius 1 is 1.41 bits per heavy atom. The average molecular weight is 299 g/mol. The number of rotatable bonds is 5. The highest BCUT2D eigenvalue weighted by Crippen LogP contribution is 2.26. The fourth-order valence-corrected chi connectivity index (χ4v) is 2.23. The van der Waals surface area contributed by atoms with Crippen LogP contribution < -0.4 is 5.32 Å². The minimum atomic E-state index is -0.114. The number of amides is 1. The number of nitrogens with one attached hydrogen (secondary N) is 1. The van der Waals surface area contributed by atoms with Gasteiger partial charge in [0.2, 0.25) is 5.91 Å². The smallest absolute Gasteiger partial charge is 0.229 e. The van der Waals surface area contributed by atoms with E-state index in [-0.39, 0.29) is 12.3 Å². The predicted molar refractivity (Wildman–Crippen MR) is 81.1 cm³/mol. The topological polar surface area (TPSA) is 77.9 Å². The molecule has 3 aromatic rings. The summed E-state index contributed by atoms with van der Waals surface area (Å²) in [5.74, 6) is 0.506. The maximum Gasteiger partial charge on any atom is 0.229 e. The van der Waals surface area contributed by atoms with E-state index in [1.807, 2.05) is 19.2 Å². The SMILES string of the molecule is CCn1cc(CC(=O)Nc2cn(C)nc2-c2ccco2)cn1. The van der Waals surface area contributed by atoms with Crippen LogP contribution in [0.2, 0.25) is 0 Å². The van der Waals surface area contributed by atoms with E-state index in [0.717, 1.165) is 12.1 Å². The van der Waals surface area contributed by atoms with Gasteiger partial charge in [0.1, 0.15) is 0 Å². The summed E-state index contributed by atoms with van der Waals surface area (Å²) in [4.78, 5) is 12.2. The average Bonchev–Trinajstić information content (AvgIpc) is 3.19. The van der Waals surface area contributed by atoms with Gasteiger partial charge in [-0.2, -0.15) is 10.2 Å². The Morgan fingerprint density at radius 3 is 2.95 bits per heavy atom. The quantitative estimate of drug-likeness (QED) is 0.782. The molecule has 114 valence electrons. The molecule has 0 fully saturated rings. The van der Waals surface area contributed by atoms with Gasteiger partial charge in [-0.3, -0.25) is 14.2 Å². The molecule has 3 heterocycles. The van der Waals surface area contributed by atoms with Crippen LogP contribution in [0.25, 0.3) is 11.5 Å². The minimum Gasteiger partial charge on any atom is -0.463 e. The molecule has 0 spiro atoms. The third kappa shape index (κ3) is 2.93. The van der Waals surface area contributed by atoms with Gasteiger partial charge >= 0.3 is 0 Å². The highest BCUT2D eigenvalue weighted by molar-refractivity contribution is 5.95. The summed E-state index contributed by atoms with van der Waals surface area (Å²) in [5.41, 5.74) is 2.12. The summed E-state index contributed by atoms with van der Waals surface area (Å²) in [6.07, 6.45) is 7.18. The molecule has 0 atom stereocenters. The molecule has 0 aliphatic heterocycles. The zero-order valence-corrected chi connectivity index (χ0v) is 12.5. The van der Waals surface area contributed by atoms with Crippen LogP contribution in [0.1, 0.15) is 12.5 Å². The van der Waals surface area contributed by atoms with E-state index >= 15 is 0 Å². The number of carbonyl (C=O) groups excluding carboxylic acids is 1. The van der Waals surface area contributed by atoms with Gasteiger partial charge in [-0.15, -0.1) is 0 Å². The van der Waals surface area contributed by atoms with Gasteiger partial charge in [0.05, 0.1) is 24.6 Å². The first-order valence-corrected chi connectivity index (χ1v) is 7.04. The van der Waals surface area contributed by atoms with E-state index in [9.17, 15) is 4.79 Å². The van der Waals surface area contributed by atoms with Crippen LogP contribution in [0.15, 0.2) is 41.4 Å². The Morgan fingerprint density at radius 2 is 2.27 bits per heavy atom. The summed E-state index contributed by atoms with van der Waals surface area (Å²) < 4.78 is 8.78. The Kier molecular flexibility index (Phi) is 3.78. The third-order valence-corrected chi connectivity index (χ3v) is 3.23. The normalized spacial score (nSPS) is 10.8. The van der Waals surface area contributed by atoms with E-state index in [1.165, 1.54) is 0 Å².